The highest BCUT2D eigenvalue weighted by atomic mass is 19.1. The van der Waals surface area contributed by atoms with E-state index in [1.807, 2.05) is 11.0 Å². The number of fused-ring (bicyclic) bond motifs is 3. The van der Waals surface area contributed by atoms with E-state index in [-0.39, 0.29) is 23.1 Å². The largest absolute Gasteiger partial charge is 0.311 e. The number of rotatable bonds is 3. The molecule has 1 spiro atoms. The number of carbonyl (C=O) groups excluding carboxylic acids is 1. The summed E-state index contributed by atoms with van der Waals surface area (Å²) in [6, 6.07) is 20.2. The van der Waals surface area contributed by atoms with Crippen molar-refractivity contribution in [2.45, 2.75) is 37.6 Å². The summed E-state index contributed by atoms with van der Waals surface area (Å²) < 4.78 is 14.2. The summed E-state index contributed by atoms with van der Waals surface area (Å²) in [5.41, 5.74) is 3.22. The van der Waals surface area contributed by atoms with E-state index in [1.165, 1.54) is 22.4 Å². The van der Waals surface area contributed by atoms with Crippen LogP contribution in [-0.4, -0.2) is 30.4 Å². The van der Waals surface area contributed by atoms with Crippen LogP contribution in [0, 0.1) is 11.7 Å². The van der Waals surface area contributed by atoms with Gasteiger partial charge in [-0.2, -0.15) is 0 Å². The van der Waals surface area contributed by atoms with Crippen LogP contribution >= 0.6 is 0 Å². The molecule has 0 unspecified atom stereocenters. The molecule has 3 aromatic carbocycles. The Bertz CT molecular complexity index is 1160. The fourth-order valence-corrected chi connectivity index (χ4v) is 5.55. The van der Waals surface area contributed by atoms with Gasteiger partial charge in [0.05, 0.1) is 0 Å². The van der Waals surface area contributed by atoms with Crippen LogP contribution in [-0.2, 0) is 16.8 Å². The van der Waals surface area contributed by atoms with Crippen molar-refractivity contribution in [1.82, 2.24) is 4.90 Å². The van der Waals surface area contributed by atoms with Crippen molar-refractivity contribution in [3.8, 4) is 0 Å². The molecule has 3 aromatic rings. The molecule has 1 saturated carbocycles. The molecular weight excluding hydrogens is 387 g/mol. The first-order valence-electron chi connectivity index (χ1n) is 11.4. The Morgan fingerprint density at radius 1 is 0.968 bits per heavy atom. The topological polar surface area (TPSA) is 23.6 Å². The number of nitrogens with zero attached hydrogens (tertiary/aromatic N) is 2. The van der Waals surface area contributed by atoms with Crippen molar-refractivity contribution in [3.63, 3.8) is 0 Å². The lowest BCUT2D eigenvalue weighted by Gasteiger charge is -2.40. The van der Waals surface area contributed by atoms with Gasteiger partial charge in [-0.15, -0.1) is 0 Å². The van der Waals surface area contributed by atoms with E-state index in [4.69, 9.17) is 0 Å². The molecular formula is C27H27FN2O. The molecule has 2 fully saturated rings. The van der Waals surface area contributed by atoms with Crippen LogP contribution in [0.2, 0.25) is 0 Å². The number of carbonyl (C=O) groups is 1. The van der Waals surface area contributed by atoms with Crippen LogP contribution in [0.5, 0.6) is 0 Å². The van der Waals surface area contributed by atoms with Crippen LogP contribution in [0.4, 0.5) is 10.1 Å². The summed E-state index contributed by atoms with van der Waals surface area (Å²) in [6.07, 6.45) is 3.92. The lowest BCUT2D eigenvalue weighted by Crippen LogP contribution is -2.46. The van der Waals surface area contributed by atoms with Gasteiger partial charge in [-0.25, -0.2) is 4.39 Å². The molecule has 1 aliphatic carbocycles. The summed E-state index contributed by atoms with van der Waals surface area (Å²) in [5, 5.41) is 2.55. The molecule has 4 heteroatoms. The van der Waals surface area contributed by atoms with Crippen molar-refractivity contribution < 1.29 is 9.18 Å². The highest BCUT2D eigenvalue weighted by molar-refractivity contribution is 5.99. The third-order valence-electron chi connectivity index (χ3n) is 7.51. The van der Waals surface area contributed by atoms with Gasteiger partial charge >= 0.3 is 0 Å². The third kappa shape index (κ3) is 3.34. The van der Waals surface area contributed by atoms with E-state index in [0.717, 1.165) is 56.6 Å². The first-order chi connectivity index (χ1) is 15.1. The number of hydrogen-bond donors (Lipinski definition) is 0. The van der Waals surface area contributed by atoms with Crippen LogP contribution in [0.3, 0.4) is 0 Å². The first-order valence-corrected chi connectivity index (χ1v) is 11.4. The Morgan fingerprint density at radius 3 is 2.52 bits per heavy atom. The standard InChI is InChI=1S/C27H27FN2O/c28-23-9-10-25-24(16-23)27(18-30(25)26(31)21-7-8-21)11-13-29(14-12-27)17-19-5-6-20-3-1-2-4-22(20)15-19/h1-6,9-10,15-16,21H,7-8,11-14,17-18H2. The van der Waals surface area contributed by atoms with Gasteiger partial charge in [-0.3, -0.25) is 9.69 Å². The third-order valence-corrected chi connectivity index (χ3v) is 7.51. The van der Waals surface area contributed by atoms with Gasteiger partial charge in [-0.05, 0) is 84.9 Å². The average molecular weight is 415 g/mol. The molecule has 0 aromatic heterocycles. The van der Waals surface area contributed by atoms with Crippen LogP contribution in [0.15, 0.2) is 60.7 Å². The van der Waals surface area contributed by atoms with Crippen LogP contribution < -0.4 is 4.90 Å². The Kier molecular flexibility index (Phi) is 4.39. The quantitative estimate of drug-likeness (QED) is 0.583. The number of benzene rings is 3. The number of hydrogen-bond acceptors (Lipinski definition) is 2. The van der Waals surface area contributed by atoms with Gasteiger partial charge in [0.2, 0.25) is 5.91 Å². The van der Waals surface area contributed by atoms with Gasteiger partial charge in [0.25, 0.3) is 0 Å². The Balaban J connectivity index is 1.21. The Hall–Kier alpha value is -2.72. The summed E-state index contributed by atoms with van der Waals surface area (Å²) >= 11 is 0. The minimum absolute atomic E-state index is 0.109. The number of anilines is 1. The number of likely N-dealkylation sites (tertiary alicyclic amines) is 1. The van der Waals surface area contributed by atoms with Gasteiger partial charge < -0.3 is 4.90 Å². The van der Waals surface area contributed by atoms with Crippen molar-refractivity contribution in [1.29, 1.82) is 0 Å². The highest BCUT2D eigenvalue weighted by Gasteiger charge is 2.48. The molecule has 0 N–H and O–H groups in total. The maximum atomic E-state index is 14.2. The monoisotopic (exact) mass is 414 g/mol. The second-order valence-corrected chi connectivity index (χ2v) is 9.60. The number of piperidine rings is 1. The van der Waals surface area contributed by atoms with Gasteiger partial charge in [0, 0.05) is 30.1 Å². The molecule has 2 aliphatic heterocycles. The van der Waals surface area contributed by atoms with Gasteiger partial charge in [0.15, 0.2) is 0 Å². The predicted molar refractivity (Wildman–Crippen MR) is 122 cm³/mol. The number of amides is 1. The van der Waals surface area contributed by atoms with Gasteiger partial charge in [0.1, 0.15) is 5.82 Å². The first kappa shape index (κ1) is 19.0. The number of halogens is 1. The zero-order valence-corrected chi connectivity index (χ0v) is 17.7. The van der Waals surface area contributed by atoms with E-state index in [1.54, 1.807) is 6.07 Å². The zero-order valence-electron chi connectivity index (χ0n) is 17.7. The van der Waals surface area contributed by atoms with E-state index >= 15 is 0 Å². The van der Waals surface area contributed by atoms with Crippen molar-refractivity contribution in [2.24, 2.45) is 5.92 Å². The van der Waals surface area contributed by atoms with E-state index < -0.39 is 0 Å². The molecule has 1 amide bonds. The Morgan fingerprint density at radius 2 is 1.74 bits per heavy atom. The van der Waals surface area contributed by atoms with Crippen molar-refractivity contribution in [3.05, 3.63) is 77.6 Å². The zero-order chi connectivity index (χ0) is 21.0. The maximum Gasteiger partial charge on any atom is 0.230 e. The maximum absolute atomic E-state index is 14.2. The summed E-state index contributed by atoms with van der Waals surface area (Å²) in [7, 11) is 0. The van der Waals surface area contributed by atoms with Gasteiger partial charge in [-0.1, -0.05) is 36.4 Å². The smallest absolute Gasteiger partial charge is 0.230 e. The lowest BCUT2D eigenvalue weighted by molar-refractivity contribution is -0.119. The van der Waals surface area contributed by atoms with E-state index in [2.05, 4.69) is 47.4 Å². The van der Waals surface area contributed by atoms with Crippen molar-refractivity contribution >= 4 is 22.4 Å². The molecule has 0 atom stereocenters. The van der Waals surface area contributed by atoms with Crippen LogP contribution in [0.1, 0.15) is 36.8 Å². The summed E-state index contributed by atoms with van der Waals surface area (Å²) in [4.78, 5) is 17.4. The molecule has 31 heavy (non-hydrogen) atoms. The molecule has 6 rings (SSSR count). The molecule has 3 aliphatic rings. The van der Waals surface area contributed by atoms with E-state index in [0.29, 0.717) is 6.54 Å². The normalized spacial score (nSPS) is 20.4. The fraction of sp³-hybridized carbons (Fsp3) is 0.370. The van der Waals surface area contributed by atoms with E-state index in [9.17, 15) is 9.18 Å². The highest BCUT2D eigenvalue weighted by Crippen LogP contribution is 2.49. The summed E-state index contributed by atoms with van der Waals surface area (Å²) in [5.74, 6) is 0.224. The molecule has 0 bridgehead atoms. The average Bonchev–Trinajstić information content (AvgIpc) is 3.60. The lowest BCUT2D eigenvalue weighted by atomic mass is 9.74. The summed E-state index contributed by atoms with van der Waals surface area (Å²) in [6.45, 7) is 3.58. The molecule has 158 valence electrons. The van der Waals surface area contributed by atoms with Crippen molar-refractivity contribution in [2.75, 3.05) is 24.5 Å². The second kappa shape index (κ2) is 7.16. The predicted octanol–water partition coefficient (Wildman–Crippen LogP) is 5.27. The minimum atomic E-state index is -0.197. The minimum Gasteiger partial charge on any atom is -0.311 e. The molecule has 2 heterocycles. The fourth-order valence-electron chi connectivity index (χ4n) is 5.55. The Labute approximate surface area is 182 Å². The second-order valence-electron chi connectivity index (χ2n) is 9.60. The molecule has 3 nitrogen and oxygen atoms in total. The molecule has 1 saturated heterocycles. The SMILES string of the molecule is O=C(C1CC1)N1CC2(CCN(Cc3ccc4ccccc4c3)CC2)c2cc(F)ccc21. The van der Waals surface area contributed by atoms with Crippen LogP contribution in [0.25, 0.3) is 10.8 Å². The molecule has 0 radical (unpaired) electrons.